The summed E-state index contributed by atoms with van der Waals surface area (Å²) in [5.74, 6) is 0. The number of alkyl halides is 3. The molecule has 16 rings (SSSR count). The Bertz CT molecular complexity index is 5230. The van der Waals surface area contributed by atoms with Gasteiger partial charge in [-0.25, -0.2) is 4.85 Å². The molecule has 0 fully saturated rings. The van der Waals surface area contributed by atoms with Gasteiger partial charge < -0.3 is 9.13 Å². The molecule has 0 aliphatic carbocycles. The van der Waals surface area contributed by atoms with Crippen molar-refractivity contribution in [1.29, 1.82) is 0 Å². The molecule has 0 unspecified atom stereocenters. The molecule has 16 aromatic rings. The Morgan fingerprint density at radius 1 is 0.283 bits per heavy atom. The van der Waals surface area contributed by atoms with Crippen molar-refractivity contribution in [2.45, 2.75) is 6.18 Å². The fraction of sp³-hybridized carbons (Fsp3) is 0.0122. The first kappa shape index (κ1) is 55.0. The summed E-state index contributed by atoms with van der Waals surface area (Å²) in [6.07, 6.45) is 2.39. The zero-order valence-electron chi connectivity index (χ0n) is 49.1. The minimum Gasteiger partial charge on any atom is -0.309 e. The molecule has 10 aromatic carbocycles. The lowest BCUT2D eigenvalue weighted by Crippen LogP contribution is -2.13. The highest BCUT2D eigenvalue weighted by Crippen LogP contribution is 2.47. The van der Waals surface area contributed by atoms with E-state index in [0.717, 1.165) is 111 Å². The van der Waals surface area contributed by atoms with Crippen molar-refractivity contribution in [2.24, 2.45) is 0 Å². The quantitative estimate of drug-likeness (QED) is 0.121. The molecule has 0 radical (unpaired) electrons. The van der Waals surface area contributed by atoms with Crippen LogP contribution in [0.4, 0.5) is 18.9 Å². The fourth-order valence-electron chi connectivity index (χ4n) is 12.8. The normalized spacial score (nSPS) is 11.6. The molecule has 0 aliphatic heterocycles. The van der Waals surface area contributed by atoms with Crippen molar-refractivity contribution < 1.29 is 13.2 Å². The van der Waals surface area contributed by atoms with E-state index in [9.17, 15) is 0 Å². The number of hydrogen-bond donors (Lipinski definition) is 0. The molecule has 0 saturated heterocycles. The Morgan fingerprint density at radius 2 is 0.598 bits per heavy atom. The van der Waals surface area contributed by atoms with E-state index in [1.54, 1.807) is 28.8 Å². The number of nitrogens with zero attached hydrogens (tertiary/aromatic N) is 7. The minimum atomic E-state index is -4.92. The molecule has 0 aliphatic rings. The largest absolute Gasteiger partial charge is 0.418 e. The second-order valence-corrected chi connectivity index (χ2v) is 22.8. The van der Waals surface area contributed by atoms with Crippen LogP contribution in [-0.4, -0.2) is 29.1 Å². The summed E-state index contributed by atoms with van der Waals surface area (Å²) >= 11 is 0. The van der Waals surface area contributed by atoms with Crippen LogP contribution in [0.25, 0.3) is 160 Å². The first-order chi connectivity index (χ1) is 45.2. The van der Waals surface area contributed by atoms with E-state index in [1.165, 1.54) is 6.07 Å². The van der Waals surface area contributed by atoms with Gasteiger partial charge in [0.25, 0.3) is 0 Å². The van der Waals surface area contributed by atoms with Crippen molar-refractivity contribution in [1.82, 2.24) is 29.1 Å². The molecule has 6 aromatic heterocycles. The number of hydrogen-bond acceptors (Lipinski definition) is 4. The molecular weight excluding hydrogens is 1140 g/mol. The number of fused-ring (bicyclic) bond motifs is 6. The Labute approximate surface area is 527 Å². The fourth-order valence-corrected chi connectivity index (χ4v) is 12.8. The zero-order chi connectivity index (χ0) is 61.9. The number of rotatable bonds is 11. The molecular formula is C82H50F3N7. The van der Waals surface area contributed by atoms with Crippen LogP contribution >= 0.6 is 0 Å². The molecule has 434 valence electrons. The van der Waals surface area contributed by atoms with Gasteiger partial charge in [-0.15, -0.1) is 0 Å². The van der Waals surface area contributed by atoms with Crippen molar-refractivity contribution >= 4 is 49.3 Å². The minimum absolute atomic E-state index is 0.0924. The Balaban J connectivity index is 0.957. The smallest absolute Gasteiger partial charge is 0.309 e. The zero-order valence-corrected chi connectivity index (χ0v) is 49.1. The van der Waals surface area contributed by atoms with Gasteiger partial charge in [-0.2, -0.15) is 13.2 Å². The van der Waals surface area contributed by atoms with E-state index in [1.807, 2.05) is 278 Å². The highest BCUT2D eigenvalue weighted by Gasteiger charge is 2.37. The highest BCUT2D eigenvalue weighted by molar-refractivity contribution is 6.13. The van der Waals surface area contributed by atoms with Crippen LogP contribution in [0.2, 0.25) is 0 Å². The van der Waals surface area contributed by atoms with E-state index in [0.29, 0.717) is 38.9 Å². The van der Waals surface area contributed by atoms with Crippen molar-refractivity contribution in [2.75, 3.05) is 0 Å². The summed E-state index contributed by atoms with van der Waals surface area (Å²) in [6, 6.07) is 90.1. The van der Waals surface area contributed by atoms with E-state index >= 15 is 13.2 Å². The predicted molar refractivity (Wildman–Crippen MR) is 366 cm³/mol. The summed E-state index contributed by atoms with van der Waals surface area (Å²) in [4.78, 5) is 23.4. The molecule has 0 saturated carbocycles. The molecule has 0 N–H and O–H groups in total. The summed E-state index contributed by atoms with van der Waals surface area (Å²) in [7, 11) is 0. The van der Waals surface area contributed by atoms with Crippen LogP contribution < -0.4 is 0 Å². The molecule has 0 bridgehead atoms. The highest BCUT2D eigenvalue weighted by atomic mass is 19.4. The van der Waals surface area contributed by atoms with Crippen LogP contribution in [0.15, 0.2) is 304 Å². The van der Waals surface area contributed by atoms with Gasteiger partial charge in [0.15, 0.2) is 5.69 Å². The molecule has 0 spiro atoms. The van der Waals surface area contributed by atoms with Crippen LogP contribution in [0, 0.1) is 6.57 Å². The molecule has 7 nitrogen and oxygen atoms in total. The van der Waals surface area contributed by atoms with Gasteiger partial charge >= 0.3 is 6.18 Å². The first-order valence-electron chi connectivity index (χ1n) is 30.2. The average molecular weight is 1190 g/mol. The maximum atomic E-state index is 17.2. The third-order valence-electron chi connectivity index (χ3n) is 17.4. The molecule has 10 heteroatoms. The SMILES string of the molecule is [C-]#[N+]c1cccc(-c2cc(-n3c4cc(-c5ccc(-c6ccccc6)nc5)ccc4c4ccc(-c5ccc(-c6ccccc6)nc5)cc43)c(C(F)(F)F)cc2-n2c3cc(-c4ccc(-c5ccccc5)nc4)ccc3c3ccc(-c4ccc(-c5ccccc5)nc4)cc32)c1. The van der Waals surface area contributed by atoms with Gasteiger partial charge in [0, 0.05) is 96.4 Å². The summed E-state index contributed by atoms with van der Waals surface area (Å²) in [5, 5.41) is 3.19. The second-order valence-electron chi connectivity index (χ2n) is 22.8. The van der Waals surface area contributed by atoms with E-state index < -0.39 is 11.7 Å². The third kappa shape index (κ3) is 10.0. The molecule has 92 heavy (non-hydrogen) atoms. The van der Waals surface area contributed by atoms with Crippen molar-refractivity contribution in [3.05, 3.63) is 321 Å². The number of benzene rings is 10. The van der Waals surface area contributed by atoms with E-state index in [-0.39, 0.29) is 11.4 Å². The van der Waals surface area contributed by atoms with Crippen LogP contribution in [0.3, 0.4) is 0 Å². The monoisotopic (exact) mass is 1190 g/mol. The molecule has 0 amide bonds. The summed E-state index contributed by atoms with van der Waals surface area (Å²) in [5.41, 5.74) is 16.7. The van der Waals surface area contributed by atoms with Gasteiger partial charge in [0.2, 0.25) is 0 Å². The van der Waals surface area contributed by atoms with Crippen molar-refractivity contribution in [3.63, 3.8) is 0 Å². The van der Waals surface area contributed by atoms with E-state index in [2.05, 4.69) is 4.85 Å². The molecule has 6 heterocycles. The summed E-state index contributed by atoms with van der Waals surface area (Å²) < 4.78 is 55.3. The Kier molecular flexibility index (Phi) is 13.6. The lowest BCUT2D eigenvalue weighted by molar-refractivity contribution is -0.137. The summed E-state index contributed by atoms with van der Waals surface area (Å²) in [6.45, 7) is 8.24. The standard InChI is InChI=1S/C82H50F3N7/c1-86-65-24-14-23-60(41-65)70-46-81(92-78-44-58(63-31-39-74(89-50-63)54-19-10-4-11-20-54)27-35-68(78)69-36-28-59(45-79(69)92)64-32-40-75(90-51-64)55-21-12-5-13-22-55)71(82(83,84)85)47-80(70)91-76-42-56(61-29-37-72(87-48-61)52-15-6-2-7-16-52)25-33-66(76)67-34-26-57(43-77(67)91)62-30-38-73(88-49-62)53-17-8-3-9-18-53/h2-51H. The predicted octanol–water partition coefficient (Wildman–Crippen LogP) is 22.0. The number of aromatic nitrogens is 6. The van der Waals surface area contributed by atoms with Crippen molar-refractivity contribution in [3.8, 4) is 112 Å². The van der Waals surface area contributed by atoms with E-state index in [4.69, 9.17) is 26.5 Å². The van der Waals surface area contributed by atoms with Gasteiger partial charge in [0.05, 0.1) is 68.4 Å². The van der Waals surface area contributed by atoms with Gasteiger partial charge in [-0.3, -0.25) is 19.9 Å². The molecule has 0 atom stereocenters. The Hall–Kier alpha value is -12.3. The third-order valence-corrected chi connectivity index (χ3v) is 17.4. The Morgan fingerprint density at radius 3 is 0.902 bits per heavy atom. The lowest BCUT2D eigenvalue weighted by Gasteiger charge is -2.22. The van der Waals surface area contributed by atoms with Crippen LogP contribution in [-0.2, 0) is 6.18 Å². The second kappa shape index (κ2) is 22.7. The number of pyridine rings is 4. The van der Waals surface area contributed by atoms with Crippen LogP contribution in [0.5, 0.6) is 0 Å². The van der Waals surface area contributed by atoms with Gasteiger partial charge in [-0.1, -0.05) is 212 Å². The lowest BCUT2D eigenvalue weighted by atomic mass is 9.97. The maximum Gasteiger partial charge on any atom is 0.418 e. The van der Waals surface area contributed by atoms with Gasteiger partial charge in [-0.05, 0) is 94.5 Å². The average Bonchev–Trinajstić information content (AvgIpc) is 1.57. The topological polar surface area (TPSA) is 65.8 Å². The number of halogens is 3. The maximum absolute atomic E-state index is 17.2. The van der Waals surface area contributed by atoms with Gasteiger partial charge in [0.1, 0.15) is 0 Å². The first-order valence-corrected chi connectivity index (χ1v) is 30.2. The van der Waals surface area contributed by atoms with Crippen LogP contribution in [0.1, 0.15) is 5.56 Å².